The van der Waals surface area contributed by atoms with Crippen LogP contribution in [-0.4, -0.2) is 95.9 Å². The summed E-state index contributed by atoms with van der Waals surface area (Å²) in [5.74, 6) is -1.13. The van der Waals surface area contributed by atoms with E-state index in [1.54, 1.807) is 30.3 Å². The van der Waals surface area contributed by atoms with Crippen molar-refractivity contribution in [2.75, 3.05) is 19.5 Å². The molecule has 0 radical (unpaired) electrons. The van der Waals surface area contributed by atoms with Crippen molar-refractivity contribution in [3.63, 3.8) is 0 Å². The van der Waals surface area contributed by atoms with Crippen LogP contribution >= 0.6 is 0 Å². The summed E-state index contributed by atoms with van der Waals surface area (Å²) in [4.78, 5) is 25.4. The van der Waals surface area contributed by atoms with Gasteiger partial charge < -0.3 is 37.5 Å². The van der Waals surface area contributed by atoms with Crippen LogP contribution in [0.4, 0.5) is 10.1 Å². The van der Waals surface area contributed by atoms with Gasteiger partial charge in [-0.25, -0.2) is 4.39 Å². The number of rotatable bonds is 14. The molecule has 0 saturated heterocycles. The number of carboxylic acids is 1. The predicted molar refractivity (Wildman–Crippen MR) is 178 cm³/mol. The molecule has 0 aliphatic carbocycles. The maximum atomic E-state index is 14.3. The number of benzene rings is 3. The molecule has 2 atom stereocenters. The van der Waals surface area contributed by atoms with Crippen LogP contribution in [0.25, 0.3) is 22.4 Å². The van der Waals surface area contributed by atoms with Crippen molar-refractivity contribution >= 4 is 55.3 Å². The Morgan fingerprint density at radius 2 is 1.57 bits per heavy atom. The van der Waals surface area contributed by atoms with Crippen molar-refractivity contribution < 1.29 is 41.6 Å². The Labute approximate surface area is 300 Å². The van der Waals surface area contributed by atoms with E-state index < -0.39 is 30.4 Å². The van der Waals surface area contributed by atoms with E-state index in [0.717, 1.165) is 5.56 Å². The number of aliphatic hydroxyl groups is 2. The molecule has 1 amide bonds. The first-order valence-electron chi connectivity index (χ1n) is 14.7. The molecule has 1 aromatic heterocycles. The van der Waals surface area contributed by atoms with E-state index in [-0.39, 0.29) is 71.8 Å². The summed E-state index contributed by atoms with van der Waals surface area (Å²) >= 11 is 0. The van der Waals surface area contributed by atoms with Crippen LogP contribution in [-0.2, 0) is 11.3 Å². The van der Waals surface area contributed by atoms with Gasteiger partial charge in [-0.05, 0) is 66.3 Å². The van der Waals surface area contributed by atoms with Crippen molar-refractivity contribution in [3.8, 4) is 33.9 Å². The van der Waals surface area contributed by atoms with Gasteiger partial charge in [0.15, 0.2) is 11.5 Å². The predicted octanol–water partition coefficient (Wildman–Crippen LogP) is 6.18. The number of carbonyl (C=O) groups excluding carboxylic acids is 1. The Kier molecular flexibility index (Phi) is 13.6. The first kappa shape index (κ1) is 37.1. The number of carboxylic acid groups (broad SMARTS) is 1. The third-order valence-corrected chi connectivity index (χ3v) is 7.54. The minimum Gasteiger partial charge on any atom is -1.00 e. The van der Waals surface area contributed by atoms with Crippen LogP contribution in [0.2, 0.25) is 0 Å². The summed E-state index contributed by atoms with van der Waals surface area (Å²) in [6.45, 7) is 4.18. The minimum atomic E-state index is -1.20. The van der Waals surface area contributed by atoms with Crippen LogP contribution in [0.5, 0.6) is 11.5 Å². The molecule has 4 N–H and O–H groups in total. The first-order valence-corrected chi connectivity index (χ1v) is 14.7. The zero-order valence-electron chi connectivity index (χ0n) is 28.5. The molecule has 3 aromatic carbocycles. The van der Waals surface area contributed by atoms with E-state index in [2.05, 4.69) is 5.32 Å². The molecule has 2 unspecified atom stereocenters. The minimum absolute atomic E-state index is 0. The van der Waals surface area contributed by atoms with E-state index in [0.29, 0.717) is 45.3 Å². The molecule has 9 nitrogen and oxygen atoms in total. The molecule has 0 spiro atoms. The van der Waals surface area contributed by atoms with Gasteiger partial charge in [-0.2, -0.15) is 0 Å². The van der Waals surface area contributed by atoms with E-state index in [4.69, 9.17) is 14.6 Å². The van der Waals surface area contributed by atoms with E-state index in [1.807, 2.05) is 48.7 Å². The zero-order chi connectivity index (χ0) is 32.7. The fourth-order valence-corrected chi connectivity index (χ4v) is 5.60. The number of amides is 1. The monoisotopic (exact) mass is 660 g/mol. The molecule has 0 saturated carbocycles. The molecular weight excluding hydrogens is 619 g/mol. The van der Waals surface area contributed by atoms with Gasteiger partial charge in [0, 0.05) is 29.6 Å². The number of aromatic nitrogens is 1. The van der Waals surface area contributed by atoms with Gasteiger partial charge >= 0.3 is 43.7 Å². The van der Waals surface area contributed by atoms with E-state index in [9.17, 15) is 24.2 Å². The normalized spacial score (nSPS) is 12.3. The molecule has 0 bridgehead atoms. The summed E-state index contributed by atoms with van der Waals surface area (Å²) in [5.41, 5.74) is 4.36. The van der Waals surface area contributed by atoms with Gasteiger partial charge in [0.1, 0.15) is 5.82 Å². The van der Waals surface area contributed by atoms with E-state index in [1.165, 1.54) is 26.4 Å². The molecule has 46 heavy (non-hydrogen) atoms. The molecule has 0 fully saturated rings. The number of anilines is 1. The van der Waals surface area contributed by atoms with Crippen molar-refractivity contribution in [1.82, 2.24) is 4.57 Å². The van der Waals surface area contributed by atoms with Gasteiger partial charge in [-0.1, -0.05) is 44.2 Å². The Morgan fingerprint density at radius 3 is 2.15 bits per heavy atom. The number of hydrogen-bond donors (Lipinski definition) is 4. The number of methoxy groups -OCH3 is 2. The Balaban J connectivity index is 0.00000384. The molecule has 4 aromatic rings. The van der Waals surface area contributed by atoms with Crippen LogP contribution in [0, 0.1) is 5.82 Å². The molecule has 4 rings (SSSR count). The third-order valence-electron chi connectivity index (χ3n) is 7.54. The fraction of sp³-hybridized carbons (Fsp3) is 0.314. The first-order chi connectivity index (χ1) is 21.5. The fourth-order valence-electron chi connectivity index (χ4n) is 5.60. The summed E-state index contributed by atoms with van der Waals surface area (Å²) in [6.07, 6.45) is -2.63. The number of hydrogen-bond acceptors (Lipinski definition) is 6. The van der Waals surface area contributed by atoms with Gasteiger partial charge in [-0.3, -0.25) is 9.59 Å². The van der Waals surface area contributed by atoms with Crippen molar-refractivity contribution in [3.05, 3.63) is 89.9 Å². The standard InChI is InChI=1S/C35H39FN2O7.Ca.2H/c1-21(2)33-32(35(43)37-25-14-15-28(44-3)29(18-25)45-4)31(22-8-6-5-7-9-22)34(23-10-12-24(36)13-11-23)38(33)17-16-26(39)19-27(40)20-30(41)42;;;/h5-15,18,21,26-27,39-40H,16-17,19-20H2,1-4H3,(H,37,43)(H,41,42);;;/q;+2;2*-1. The average Bonchev–Trinajstić information content (AvgIpc) is 3.36. The van der Waals surface area contributed by atoms with Gasteiger partial charge in [0.2, 0.25) is 0 Å². The van der Waals surface area contributed by atoms with Crippen LogP contribution in [0.1, 0.15) is 57.9 Å². The topological polar surface area (TPSA) is 130 Å². The molecule has 0 aliphatic heterocycles. The molecule has 242 valence electrons. The summed E-state index contributed by atoms with van der Waals surface area (Å²) in [5, 5.41) is 32.9. The van der Waals surface area contributed by atoms with Crippen molar-refractivity contribution in [2.24, 2.45) is 0 Å². The molecular formula is C35H41CaFN2O7. The van der Waals surface area contributed by atoms with Gasteiger partial charge in [0.25, 0.3) is 5.91 Å². The number of aliphatic carboxylic acids is 1. The smallest absolute Gasteiger partial charge is 1.00 e. The van der Waals surface area contributed by atoms with Gasteiger partial charge in [-0.15, -0.1) is 0 Å². The van der Waals surface area contributed by atoms with Crippen LogP contribution < -0.4 is 14.8 Å². The van der Waals surface area contributed by atoms with Crippen LogP contribution in [0.15, 0.2) is 72.8 Å². The maximum absolute atomic E-state index is 14.3. The van der Waals surface area contributed by atoms with Gasteiger partial charge in [0.05, 0.1) is 44.1 Å². The summed E-state index contributed by atoms with van der Waals surface area (Å²) < 4.78 is 26.8. The van der Waals surface area contributed by atoms with Crippen LogP contribution in [0.3, 0.4) is 0 Å². The number of aliphatic hydroxyl groups excluding tert-OH is 2. The summed E-state index contributed by atoms with van der Waals surface area (Å²) in [6, 6.07) is 20.5. The molecule has 1 heterocycles. The quantitative estimate of drug-likeness (QED) is 0.119. The Bertz CT molecular complexity index is 1640. The van der Waals surface area contributed by atoms with E-state index >= 15 is 0 Å². The molecule has 0 aliphatic rings. The Morgan fingerprint density at radius 1 is 0.913 bits per heavy atom. The second-order valence-electron chi connectivity index (χ2n) is 11.1. The number of nitrogens with zero attached hydrogens (tertiary/aromatic N) is 1. The Hall–Kier alpha value is -3.41. The zero-order valence-corrected chi connectivity index (χ0v) is 28.7. The SMILES string of the molecule is COc1ccc(NC(=O)c2c(-c3ccccc3)c(-c3ccc(F)cc3)n(CCC(O)CC(O)CC(=O)O)c2C(C)C)cc1OC.[Ca+2].[H-].[H-]. The number of carbonyl (C=O) groups is 2. The number of nitrogens with one attached hydrogen (secondary N) is 1. The number of halogens is 1. The second kappa shape index (κ2) is 16.9. The largest absolute Gasteiger partial charge is 2.00 e. The summed E-state index contributed by atoms with van der Waals surface area (Å²) in [7, 11) is 3.04. The number of ether oxygens (including phenoxy) is 2. The maximum Gasteiger partial charge on any atom is 2.00 e. The third kappa shape index (κ3) is 8.89. The van der Waals surface area contributed by atoms with Crippen molar-refractivity contribution in [2.45, 2.75) is 57.8 Å². The van der Waals surface area contributed by atoms with Crippen molar-refractivity contribution in [1.29, 1.82) is 0 Å². The molecule has 11 heteroatoms. The average molecular weight is 661 g/mol. The second-order valence-corrected chi connectivity index (χ2v) is 11.1.